The zero-order valence-electron chi connectivity index (χ0n) is 14.9. The van der Waals surface area contributed by atoms with Crippen molar-refractivity contribution in [1.82, 2.24) is 0 Å². The molecular formula is C18H24N2O4S. The van der Waals surface area contributed by atoms with Gasteiger partial charge < -0.3 is 14.4 Å². The smallest absolute Gasteiger partial charge is 0.233 e. The highest BCUT2D eigenvalue weighted by atomic mass is 32.2. The number of nitrogens with zero attached hydrogens (tertiary/aromatic N) is 1. The van der Waals surface area contributed by atoms with E-state index in [0.29, 0.717) is 23.6 Å². The molecule has 0 radical (unpaired) electrons. The third-order valence-corrected chi connectivity index (χ3v) is 5.05. The van der Waals surface area contributed by atoms with Gasteiger partial charge in [0.25, 0.3) is 0 Å². The molecule has 7 heteroatoms. The third kappa shape index (κ3) is 5.29. The second kappa shape index (κ2) is 8.11. The van der Waals surface area contributed by atoms with Gasteiger partial charge in [-0.1, -0.05) is 6.07 Å². The Balaban J connectivity index is 2.01. The summed E-state index contributed by atoms with van der Waals surface area (Å²) in [6.07, 6.45) is 0.380. The van der Waals surface area contributed by atoms with Crippen molar-refractivity contribution in [3.8, 4) is 11.5 Å². The average molecular weight is 364 g/mol. The van der Waals surface area contributed by atoms with E-state index in [1.165, 1.54) is 0 Å². The molecule has 25 heavy (non-hydrogen) atoms. The first-order valence-corrected chi connectivity index (χ1v) is 9.48. The highest BCUT2D eigenvalue weighted by Crippen LogP contribution is 2.27. The molecule has 0 aromatic heterocycles. The maximum absolute atomic E-state index is 12.3. The molecular weight excluding hydrogens is 340 g/mol. The van der Waals surface area contributed by atoms with Gasteiger partial charge in [0.05, 0.1) is 20.0 Å². The van der Waals surface area contributed by atoms with Crippen molar-refractivity contribution >= 4 is 21.4 Å². The minimum Gasteiger partial charge on any atom is -0.493 e. The number of aryl methyl sites for hydroxylation is 1. The van der Waals surface area contributed by atoms with E-state index in [2.05, 4.69) is 4.72 Å². The maximum Gasteiger partial charge on any atom is 0.233 e. The van der Waals surface area contributed by atoms with Gasteiger partial charge in [-0.15, -0.1) is 0 Å². The topological polar surface area (TPSA) is 67.9 Å². The van der Waals surface area contributed by atoms with E-state index in [1.54, 1.807) is 38.5 Å². The molecule has 2 aromatic carbocycles. The predicted octanol–water partition coefficient (Wildman–Crippen LogP) is 2.75. The maximum atomic E-state index is 12.3. The van der Waals surface area contributed by atoms with Gasteiger partial charge in [-0.25, -0.2) is 8.42 Å². The first kappa shape index (κ1) is 18.9. The molecule has 0 amide bonds. The van der Waals surface area contributed by atoms with Crippen LogP contribution in [0.4, 0.5) is 11.4 Å². The SMILES string of the molecule is COc1ccc(CCS(=O)(=O)Nc2ccc(N(C)C)cc2)cc1OC. The molecule has 0 bridgehead atoms. The van der Waals surface area contributed by atoms with Crippen molar-refractivity contribution in [3.63, 3.8) is 0 Å². The normalized spacial score (nSPS) is 11.0. The van der Waals surface area contributed by atoms with Crippen LogP contribution in [0, 0.1) is 0 Å². The average Bonchev–Trinajstić information content (AvgIpc) is 2.59. The minimum absolute atomic E-state index is 0.0160. The van der Waals surface area contributed by atoms with Gasteiger partial charge in [0.2, 0.25) is 10.0 Å². The Bertz CT molecular complexity index is 802. The van der Waals surface area contributed by atoms with Crippen LogP contribution < -0.4 is 19.1 Å². The lowest BCUT2D eigenvalue weighted by Gasteiger charge is -2.14. The van der Waals surface area contributed by atoms with Crippen LogP contribution in [0.3, 0.4) is 0 Å². The fourth-order valence-electron chi connectivity index (χ4n) is 2.35. The first-order valence-electron chi connectivity index (χ1n) is 7.83. The largest absolute Gasteiger partial charge is 0.493 e. The number of rotatable bonds is 8. The standard InChI is InChI=1S/C18H24N2O4S/c1-20(2)16-8-6-15(7-9-16)19-25(21,22)12-11-14-5-10-17(23-3)18(13-14)24-4/h5-10,13,19H,11-12H2,1-4H3. The van der Waals surface area contributed by atoms with Crippen molar-refractivity contribution in [3.05, 3.63) is 48.0 Å². The zero-order chi connectivity index (χ0) is 18.4. The Labute approximate surface area is 149 Å². The third-order valence-electron chi connectivity index (χ3n) is 3.76. The summed E-state index contributed by atoms with van der Waals surface area (Å²) in [5, 5.41) is 0. The molecule has 0 unspecified atom stereocenters. The van der Waals surface area contributed by atoms with Crippen LogP contribution in [0.1, 0.15) is 5.56 Å². The summed E-state index contributed by atoms with van der Waals surface area (Å²) in [6.45, 7) is 0. The fraction of sp³-hybridized carbons (Fsp3) is 0.333. The number of ether oxygens (including phenoxy) is 2. The number of hydrogen-bond acceptors (Lipinski definition) is 5. The molecule has 6 nitrogen and oxygen atoms in total. The number of hydrogen-bond donors (Lipinski definition) is 1. The quantitative estimate of drug-likeness (QED) is 0.780. The Kier molecular flexibility index (Phi) is 6.14. The Hall–Kier alpha value is -2.41. The summed E-state index contributed by atoms with van der Waals surface area (Å²) in [7, 11) is 3.54. The molecule has 136 valence electrons. The number of methoxy groups -OCH3 is 2. The van der Waals surface area contributed by atoms with Crippen molar-refractivity contribution in [2.45, 2.75) is 6.42 Å². The summed E-state index contributed by atoms with van der Waals surface area (Å²) in [5.74, 6) is 1.19. The van der Waals surface area contributed by atoms with Gasteiger partial charge in [-0.05, 0) is 48.4 Å². The van der Waals surface area contributed by atoms with E-state index >= 15 is 0 Å². The van der Waals surface area contributed by atoms with Gasteiger partial charge in [0.1, 0.15) is 0 Å². The van der Waals surface area contributed by atoms with E-state index in [4.69, 9.17) is 9.47 Å². The van der Waals surface area contributed by atoms with Gasteiger partial charge in [0, 0.05) is 25.5 Å². The van der Waals surface area contributed by atoms with Crippen LogP contribution in [0.25, 0.3) is 0 Å². The van der Waals surface area contributed by atoms with Crippen LogP contribution in [0.2, 0.25) is 0 Å². The second-order valence-electron chi connectivity index (χ2n) is 5.80. The highest BCUT2D eigenvalue weighted by molar-refractivity contribution is 7.92. The molecule has 0 aliphatic heterocycles. The molecule has 0 spiro atoms. The minimum atomic E-state index is -3.44. The van der Waals surface area contributed by atoms with Gasteiger partial charge in [-0.3, -0.25) is 4.72 Å². The lowest BCUT2D eigenvalue weighted by molar-refractivity contribution is 0.354. The first-order chi connectivity index (χ1) is 11.8. The Morgan fingerprint density at radius 2 is 1.60 bits per heavy atom. The Morgan fingerprint density at radius 1 is 0.960 bits per heavy atom. The zero-order valence-corrected chi connectivity index (χ0v) is 15.8. The van der Waals surface area contributed by atoms with E-state index in [0.717, 1.165) is 11.3 Å². The molecule has 0 heterocycles. The summed E-state index contributed by atoms with van der Waals surface area (Å²) >= 11 is 0. The molecule has 0 aliphatic carbocycles. The van der Waals surface area contributed by atoms with E-state index in [9.17, 15) is 8.42 Å². The molecule has 0 atom stereocenters. The van der Waals surface area contributed by atoms with E-state index < -0.39 is 10.0 Å². The van der Waals surface area contributed by atoms with Crippen molar-refractivity contribution in [2.24, 2.45) is 0 Å². The van der Waals surface area contributed by atoms with Gasteiger partial charge in [0.15, 0.2) is 11.5 Å². The number of anilines is 2. The van der Waals surface area contributed by atoms with Crippen molar-refractivity contribution < 1.29 is 17.9 Å². The van der Waals surface area contributed by atoms with Crippen LogP contribution >= 0.6 is 0 Å². The number of sulfonamides is 1. The van der Waals surface area contributed by atoms with Crippen molar-refractivity contribution in [2.75, 3.05) is 43.7 Å². The lowest BCUT2D eigenvalue weighted by Crippen LogP contribution is -2.18. The molecule has 0 fully saturated rings. The number of benzene rings is 2. The van der Waals surface area contributed by atoms with E-state index in [1.807, 2.05) is 37.2 Å². The summed E-state index contributed by atoms with van der Waals surface area (Å²) in [4.78, 5) is 1.95. The molecule has 0 saturated carbocycles. The van der Waals surface area contributed by atoms with E-state index in [-0.39, 0.29) is 5.75 Å². The van der Waals surface area contributed by atoms with Crippen LogP contribution in [0.15, 0.2) is 42.5 Å². The highest BCUT2D eigenvalue weighted by Gasteiger charge is 2.12. The molecule has 0 saturated heterocycles. The summed E-state index contributed by atoms with van der Waals surface area (Å²) in [6, 6.07) is 12.6. The van der Waals surface area contributed by atoms with Gasteiger partial charge >= 0.3 is 0 Å². The van der Waals surface area contributed by atoms with Crippen LogP contribution in [-0.4, -0.2) is 42.5 Å². The Morgan fingerprint density at radius 3 is 2.16 bits per heavy atom. The number of nitrogens with one attached hydrogen (secondary N) is 1. The van der Waals surface area contributed by atoms with Crippen LogP contribution in [0.5, 0.6) is 11.5 Å². The molecule has 1 N–H and O–H groups in total. The van der Waals surface area contributed by atoms with Crippen molar-refractivity contribution in [1.29, 1.82) is 0 Å². The molecule has 2 rings (SSSR count). The predicted molar refractivity (Wildman–Crippen MR) is 101 cm³/mol. The molecule has 2 aromatic rings. The lowest BCUT2D eigenvalue weighted by atomic mass is 10.1. The summed E-state index contributed by atoms with van der Waals surface area (Å²) < 4.78 is 37.6. The second-order valence-corrected chi connectivity index (χ2v) is 7.64. The summed E-state index contributed by atoms with van der Waals surface area (Å²) in [5.41, 5.74) is 2.43. The fourth-order valence-corrected chi connectivity index (χ4v) is 3.45. The van der Waals surface area contributed by atoms with Gasteiger partial charge in [-0.2, -0.15) is 0 Å². The molecule has 0 aliphatic rings. The monoisotopic (exact) mass is 364 g/mol. The van der Waals surface area contributed by atoms with Crippen LogP contribution in [-0.2, 0) is 16.4 Å².